The van der Waals surface area contributed by atoms with E-state index in [0.29, 0.717) is 10.7 Å². The maximum absolute atomic E-state index is 11.6. The molecule has 0 saturated heterocycles. The molecule has 2 rings (SSSR count). The number of nitrogens with zero attached hydrogens (tertiary/aromatic N) is 1. The van der Waals surface area contributed by atoms with E-state index < -0.39 is 0 Å². The van der Waals surface area contributed by atoms with Crippen LogP contribution < -0.4 is 5.32 Å². The van der Waals surface area contributed by atoms with Crippen LogP contribution in [0.1, 0.15) is 5.56 Å². The van der Waals surface area contributed by atoms with Crippen molar-refractivity contribution >= 4 is 45.3 Å². The molecule has 0 aromatic heterocycles. The van der Waals surface area contributed by atoms with Gasteiger partial charge in [-0.25, -0.2) is 0 Å². The summed E-state index contributed by atoms with van der Waals surface area (Å²) in [6.45, 7) is -0.163. The zero-order valence-electron chi connectivity index (χ0n) is 10.9. The molecule has 108 valence electrons. The Bertz CT molecular complexity index is 644. The Morgan fingerprint density at radius 2 is 1.95 bits per heavy atom. The van der Waals surface area contributed by atoms with E-state index in [2.05, 4.69) is 26.4 Å². The second kappa shape index (κ2) is 7.81. The van der Waals surface area contributed by atoms with Crippen molar-refractivity contribution in [3.8, 4) is 0 Å². The van der Waals surface area contributed by atoms with Crippen LogP contribution in [0.25, 0.3) is 0 Å². The van der Waals surface area contributed by atoms with Crippen LogP contribution in [0.5, 0.6) is 0 Å². The van der Waals surface area contributed by atoms with Gasteiger partial charge < -0.3 is 10.2 Å². The number of hydrogen-bond acceptors (Lipinski definition) is 3. The summed E-state index contributed by atoms with van der Waals surface area (Å²) in [6.07, 6.45) is 1.54. The molecule has 0 bridgehead atoms. The van der Waals surface area contributed by atoms with Gasteiger partial charge in [-0.05, 0) is 30.3 Å². The molecular weight excluding hydrogens is 356 g/mol. The monoisotopic (exact) mass is 366 g/mol. The summed E-state index contributed by atoms with van der Waals surface area (Å²) in [7, 11) is 0. The summed E-state index contributed by atoms with van der Waals surface area (Å²) in [5, 5.41) is 7.05. The van der Waals surface area contributed by atoms with Gasteiger partial charge in [-0.15, -0.1) is 0 Å². The van der Waals surface area contributed by atoms with Crippen LogP contribution in [0.15, 0.2) is 58.2 Å². The first-order valence-corrected chi connectivity index (χ1v) is 7.27. The summed E-state index contributed by atoms with van der Waals surface area (Å²) < 4.78 is 0.906. The third-order valence-electron chi connectivity index (χ3n) is 2.50. The molecule has 0 fully saturated rings. The maximum atomic E-state index is 11.6. The molecule has 21 heavy (non-hydrogen) atoms. The fraction of sp³-hybridized carbons (Fsp3) is 0.0667. The summed E-state index contributed by atoms with van der Waals surface area (Å²) in [4.78, 5) is 16.6. The molecule has 0 spiro atoms. The van der Waals surface area contributed by atoms with Crippen molar-refractivity contribution in [3.63, 3.8) is 0 Å². The van der Waals surface area contributed by atoms with Crippen LogP contribution in [0, 0.1) is 0 Å². The van der Waals surface area contributed by atoms with Crippen molar-refractivity contribution in [2.75, 3.05) is 11.9 Å². The van der Waals surface area contributed by atoms with E-state index in [0.717, 1.165) is 10.0 Å². The fourth-order valence-corrected chi connectivity index (χ4v) is 2.01. The van der Waals surface area contributed by atoms with Gasteiger partial charge in [0.25, 0.3) is 5.91 Å². The van der Waals surface area contributed by atoms with Crippen LogP contribution in [0.3, 0.4) is 0 Å². The number of carbonyl (C=O) groups is 1. The Morgan fingerprint density at radius 1 is 1.24 bits per heavy atom. The van der Waals surface area contributed by atoms with Gasteiger partial charge in [-0.1, -0.05) is 50.9 Å². The molecule has 4 nitrogen and oxygen atoms in total. The van der Waals surface area contributed by atoms with E-state index in [1.54, 1.807) is 30.5 Å². The molecule has 2 aromatic carbocycles. The first kappa shape index (κ1) is 15.5. The standard InChI is InChI=1S/C15H12BrClN2O2/c16-14-4-2-1-3-11(14)9-18-21-10-15(20)19-13-7-5-12(17)6-8-13/h1-9H,10H2,(H,19,20)/b18-9-. The molecule has 0 radical (unpaired) electrons. The molecule has 0 saturated carbocycles. The number of halogens is 2. The number of nitrogens with one attached hydrogen (secondary N) is 1. The Morgan fingerprint density at radius 3 is 2.67 bits per heavy atom. The molecule has 2 aromatic rings. The van der Waals surface area contributed by atoms with Gasteiger partial charge >= 0.3 is 0 Å². The third kappa shape index (κ3) is 5.21. The van der Waals surface area contributed by atoms with Gasteiger partial charge in [0.15, 0.2) is 6.61 Å². The molecule has 0 heterocycles. The van der Waals surface area contributed by atoms with E-state index in [1.165, 1.54) is 0 Å². The Hall–Kier alpha value is -1.85. The fourth-order valence-electron chi connectivity index (χ4n) is 1.50. The van der Waals surface area contributed by atoms with Crippen molar-refractivity contribution in [2.24, 2.45) is 5.16 Å². The number of oxime groups is 1. The normalized spacial score (nSPS) is 10.6. The highest BCUT2D eigenvalue weighted by Crippen LogP contribution is 2.14. The lowest BCUT2D eigenvalue weighted by molar-refractivity contribution is -0.120. The molecule has 1 amide bonds. The van der Waals surface area contributed by atoms with Gasteiger partial charge in [-0.3, -0.25) is 4.79 Å². The van der Waals surface area contributed by atoms with Gasteiger partial charge in [0.1, 0.15) is 0 Å². The van der Waals surface area contributed by atoms with E-state index >= 15 is 0 Å². The van der Waals surface area contributed by atoms with Crippen molar-refractivity contribution in [1.82, 2.24) is 0 Å². The van der Waals surface area contributed by atoms with Crippen LogP contribution in [-0.4, -0.2) is 18.7 Å². The predicted molar refractivity (Wildman–Crippen MR) is 87.8 cm³/mol. The van der Waals surface area contributed by atoms with Crippen LogP contribution in [0.2, 0.25) is 5.02 Å². The highest BCUT2D eigenvalue weighted by atomic mass is 79.9. The summed E-state index contributed by atoms with van der Waals surface area (Å²) in [6, 6.07) is 14.4. The highest BCUT2D eigenvalue weighted by molar-refractivity contribution is 9.10. The van der Waals surface area contributed by atoms with Crippen molar-refractivity contribution in [1.29, 1.82) is 0 Å². The number of amides is 1. The van der Waals surface area contributed by atoms with Crippen molar-refractivity contribution in [2.45, 2.75) is 0 Å². The molecule has 0 aliphatic carbocycles. The topological polar surface area (TPSA) is 50.7 Å². The molecule has 0 aliphatic rings. The number of benzene rings is 2. The van der Waals surface area contributed by atoms with Crippen LogP contribution >= 0.6 is 27.5 Å². The van der Waals surface area contributed by atoms with Gasteiger partial charge in [0, 0.05) is 20.7 Å². The first-order chi connectivity index (χ1) is 10.1. The molecule has 0 unspecified atom stereocenters. The summed E-state index contributed by atoms with van der Waals surface area (Å²) in [5.74, 6) is -0.290. The SMILES string of the molecule is O=C(CO/N=C\c1ccccc1Br)Nc1ccc(Cl)cc1. The minimum atomic E-state index is -0.290. The van der Waals surface area contributed by atoms with Crippen molar-refractivity contribution < 1.29 is 9.63 Å². The molecule has 6 heteroatoms. The quantitative estimate of drug-likeness (QED) is 0.639. The molecular formula is C15H12BrClN2O2. The van der Waals surface area contributed by atoms with Crippen molar-refractivity contribution in [3.05, 3.63) is 63.6 Å². The zero-order valence-corrected chi connectivity index (χ0v) is 13.3. The predicted octanol–water partition coefficient (Wildman–Crippen LogP) is 4.09. The Labute approximate surface area is 135 Å². The van der Waals surface area contributed by atoms with E-state index in [4.69, 9.17) is 16.4 Å². The minimum absolute atomic E-state index is 0.163. The molecule has 1 N–H and O–H groups in total. The Kier molecular flexibility index (Phi) is 5.78. The lowest BCUT2D eigenvalue weighted by Crippen LogP contribution is -2.16. The minimum Gasteiger partial charge on any atom is -0.386 e. The maximum Gasteiger partial charge on any atom is 0.265 e. The van der Waals surface area contributed by atoms with Gasteiger partial charge in [0.2, 0.25) is 0 Å². The zero-order chi connectivity index (χ0) is 15.1. The molecule has 0 atom stereocenters. The largest absolute Gasteiger partial charge is 0.386 e. The number of rotatable bonds is 5. The average Bonchev–Trinajstić information content (AvgIpc) is 2.48. The van der Waals surface area contributed by atoms with Crippen LogP contribution in [-0.2, 0) is 9.63 Å². The lowest BCUT2D eigenvalue weighted by atomic mass is 10.2. The van der Waals surface area contributed by atoms with Crippen LogP contribution in [0.4, 0.5) is 5.69 Å². The van der Waals surface area contributed by atoms with E-state index in [1.807, 2.05) is 24.3 Å². The smallest absolute Gasteiger partial charge is 0.265 e. The lowest BCUT2D eigenvalue weighted by Gasteiger charge is -2.04. The van der Waals surface area contributed by atoms with Gasteiger partial charge in [-0.2, -0.15) is 0 Å². The number of hydrogen-bond donors (Lipinski definition) is 1. The number of anilines is 1. The number of carbonyl (C=O) groups excluding carboxylic acids is 1. The van der Waals surface area contributed by atoms with Gasteiger partial charge in [0.05, 0.1) is 6.21 Å². The second-order valence-electron chi connectivity index (χ2n) is 4.08. The van der Waals surface area contributed by atoms with E-state index in [-0.39, 0.29) is 12.5 Å². The highest BCUT2D eigenvalue weighted by Gasteiger charge is 2.02. The average molecular weight is 368 g/mol. The Balaban J connectivity index is 1.79. The second-order valence-corrected chi connectivity index (χ2v) is 5.38. The first-order valence-electron chi connectivity index (χ1n) is 6.10. The summed E-state index contributed by atoms with van der Waals surface area (Å²) >= 11 is 9.15. The van der Waals surface area contributed by atoms with E-state index in [9.17, 15) is 4.79 Å². The molecule has 0 aliphatic heterocycles. The third-order valence-corrected chi connectivity index (χ3v) is 3.47. The summed E-state index contributed by atoms with van der Waals surface area (Å²) in [5.41, 5.74) is 1.53.